The molecule has 2 N–H and O–H groups in total. The fraction of sp³-hybridized carbons (Fsp3) is 0.611. The molecule has 1 rings (SSSR count). The summed E-state index contributed by atoms with van der Waals surface area (Å²) in [4.78, 5) is 4.45. The summed E-state index contributed by atoms with van der Waals surface area (Å²) in [6.07, 6.45) is 1.06. The first-order valence-electron chi connectivity index (χ1n) is 8.81. The minimum absolute atomic E-state index is 0. The monoisotopic (exact) mass is 512 g/mol. The summed E-state index contributed by atoms with van der Waals surface area (Å²) in [7, 11) is 1.36. The zero-order chi connectivity index (χ0) is 19.6. The lowest BCUT2D eigenvalue weighted by Crippen LogP contribution is -2.38. The normalized spacial score (nSPS) is 12.2. The Morgan fingerprint density at radius 3 is 2.30 bits per heavy atom. The predicted molar refractivity (Wildman–Crippen MR) is 121 cm³/mol. The number of halogens is 1. The Bertz CT molecular complexity index is 662. The number of benzene rings is 1. The van der Waals surface area contributed by atoms with Gasteiger partial charge in [0, 0.05) is 40.8 Å². The van der Waals surface area contributed by atoms with E-state index < -0.39 is 10.0 Å². The Morgan fingerprint density at radius 2 is 1.78 bits per heavy atom. The molecule has 0 aliphatic carbocycles. The molecule has 0 unspecified atom stereocenters. The van der Waals surface area contributed by atoms with E-state index in [9.17, 15) is 8.42 Å². The number of sulfonamides is 1. The molecule has 0 aliphatic rings. The minimum Gasteiger partial charge on any atom is -0.380 e. The van der Waals surface area contributed by atoms with E-state index in [1.807, 2.05) is 0 Å². The van der Waals surface area contributed by atoms with Gasteiger partial charge in [0.05, 0.1) is 11.5 Å². The highest BCUT2D eigenvalue weighted by atomic mass is 127. The Morgan fingerprint density at radius 1 is 1.15 bits per heavy atom. The van der Waals surface area contributed by atoms with Gasteiger partial charge in [-0.3, -0.25) is 4.99 Å². The van der Waals surface area contributed by atoms with E-state index in [4.69, 9.17) is 4.74 Å². The quantitative estimate of drug-likeness (QED) is 0.218. The Labute approximate surface area is 181 Å². The number of hydrogen-bond donors (Lipinski definition) is 2. The van der Waals surface area contributed by atoms with Crippen molar-refractivity contribution in [3.8, 4) is 0 Å². The summed E-state index contributed by atoms with van der Waals surface area (Å²) < 4.78 is 30.9. The lowest BCUT2D eigenvalue weighted by molar-refractivity contribution is 0.128. The van der Waals surface area contributed by atoms with Gasteiger partial charge in [-0.25, -0.2) is 12.7 Å². The lowest BCUT2D eigenvalue weighted by Gasteiger charge is -2.14. The van der Waals surface area contributed by atoms with Gasteiger partial charge in [-0.15, -0.1) is 24.0 Å². The minimum atomic E-state index is -3.39. The molecule has 0 amide bonds. The average molecular weight is 512 g/mol. The van der Waals surface area contributed by atoms with E-state index in [-0.39, 0.29) is 28.9 Å². The molecule has 0 saturated carbocycles. The van der Waals surface area contributed by atoms with Crippen molar-refractivity contribution in [2.24, 2.45) is 10.9 Å². The summed E-state index contributed by atoms with van der Waals surface area (Å²) in [5, 5.41) is 6.39. The van der Waals surface area contributed by atoms with Gasteiger partial charge in [0.25, 0.3) is 0 Å². The molecule has 1 aromatic rings. The second-order valence-electron chi connectivity index (χ2n) is 6.58. The van der Waals surface area contributed by atoms with Crippen LogP contribution in [0.15, 0.2) is 34.2 Å². The first-order chi connectivity index (χ1) is 12.3. The third kappa shape index (κ3) is 9.72. The first-order valence-corrected chi connectivity index (χ1v) is 10.2. The highest BCUT2D eigenvalue weighted by molar-refractivity contribution is 14.0. The van der Waals surface area contributed by atoms with Crippen molar-refractivity contribution in [1.29, 1.82) is 0 Å². The van der Waals surface area contributed by atoms with Crippen LogP contribution in [-0.4, -0.2) is 59.6 Å². The molecule has 9 heteroatoms. The van der Waals surface area contributed by atoms with Crippen molar-refractivity contribution in [2.45, 2.75) is 31.7 Å². The van der Waals surface area contributed by atoms with Gasteiger partial charge in [-0.05, 0) is 30.0 Å². The SMILES string of the molecule is CN=C(NCCOCCC(C)C)NCc1ccc(S(=O)(=O)N(C)C)cc1.I. The van der Waals surface area contributed by atoms with Crippen molar-refractivity contribution in [3.05, 3.63) is 29.8 Å². The molecule has 0 saturated heterocycles. The van der Waals surface area contributed by atoms with Crippen molar-refractivity contribution < 1.29 is 13.2 Å². The number of rotatable bonds is 10. The first kappa shape index (κ1) is 26.1. The molecule has 0 fully saturated rings. The number of guanidine groups is 1. The predicted octanol–water partition coefficient (Wildman–Crippen LogP) is 2.28. The molecule has 27 heavy (non-hydrogen) atoms. The van der Waals surface area contributed by atoms with Crippen molar-refractivity contribution in [2.75, 3.05) is 40.9 Å². The van der Waals surface area contributed by atoms with Gasteiger partial charge in [-0.2, -0.15) is 0 Å². The van der Waals surface area contributed by atoms with Crippen LogP contribution >= 0.6 is 24.0 Å². The summed E-state index contributed by atoms with van der Waals surface area (Å²) in [5.41, 5.74) is 0.971. The van der Waals surface area contributed by atoms with E-state index in [1.54, 1.807) is 31.3 Å². The maximum Gasteiger partial charge on any atom is 0.242 e. The molecule has 0 bridgehead atoms. The molecule has 156 valence electrons. The molecular weight excluding hydrogens is 479 g/mol. The smallest absolute Gasteiger partial charge is 0.242 e. The molecule has 0 spiro atoms. The van der Waals surface area contributed by atoms with Crippen LogP contribution in [-0.2, 0) is 21.3 Å². The van der Waals surface area contributed by atoms with Crippen molar-refractivity contribution in [1.82, 2.24) is 14.9 Å². The molecule has 7 nitrogen and oxygen atoms in total. The van der Waals surface area contributed by atoms with Crippen LogP contribution in [0, 0.1) is 5.92 Å². The van der Waals surface area contributed by atoms with Gasteiger partial charge < -0.3 is 15.4 Å². The van der Waals surface area contributed by atoms with Crippen LogP contribution in [0.3, 0.4) is 0 Å². The van der Waals surface area contributed by atoms with E-state index in [1.165, 1.54) is 18.4 Å². The second-order valence-corrected chi connectivity index (χ2v) is 8.73. The number of nitrogens with zero attached hydrogens (tertiary/aromatic N) is 2. The zero-order valence-electron chi connectivity index (χ0n) is 16.9. The van der Waals surface area contributed by atoms with Gasteiger partial charge in [-0.1, -0.05) is 26.0 Å². The third-order valence-electron chi connectivity index (χ3n) is 3.76. The molecule has 0 atom stereocenters. The molecule has 0 radical (unpaired) electrons. The van der Waals surface area contributed by atoms with Gasteiger partial charge >= 0.3 is 0 Å². The fourth-order valence-corrected chi connectivity index (χ4v) is 2.96. The standard InChI is InChI=1S/C18H32N4O3S.HI/c1-15(2)10-12-25-13-11-20-18(19-3)21-14-16-6-8-17(9-7-16)26(23,24)22(4)5;/h6-9,15H,10-14H2,1-5H3,(H2,19,20,21);1H. The van der Waals surface area contributed by atoms with Gasteiger partial charge in [0.1, 0.15) is 0 Å². The van der Waals surface area contributed by atoms with Crippen molar-refractivity contribution in [3.63, 3.8) is 0 Å². The third-order valence-corrected chi connectivity index (χ3v) is 5.59. The van der Waals surface area contributed by atoms with Crippen LogP contribution < -0.4 is 10.6 Å². The Hall–Kier alpha value is -0.910. The van der Waals surface area contributed by atoms with Crippen LogP contribution in [0.2, 0.25) is 0 Å². The molecule has 0 aromatic heterocycles. The van der Waals surface area contributed by atoms with E-state index in [0.29, 0.717) is 31.6 Å². The molecule has 0 heterocycles. The summed E-state index contributed by atoms with van der Waals surface area (Å²) in [6, 6.07) is 6.83. The maximum absolute atomic E-state index is 12.1. The highest BCUT2D eigenvalue weighted by Gasteiger charge is 2.16. The summed E-state index contributed by atoms with van der Waals surface area (Å²) in [6.45, 7) is 6.98. The topological polar surface area (TPSA) is 83.0 Å². The van der Waals surface area contributed by atoms with Crippen LogP contribution in [0.5, 0.6) is 0 Å². The van der Waals surface area contributed by atoms with Crippen LogP contribution in [0.4, 0.5) is 0 Å². The number of nitrogens with one attached hydrogen (secondary N) is 2. The van der Waals surface area contributed by atoms with Gasteiger partial charge in [0.2, 0.25) is 10.0 Å². The summed E-state index contributed by atoms with van der Waals surface area (Å²) in [5.74, 6) is 1.33. The zero-order valence-corrected chi connectivity index (χ0v) is 20.0. The molecular formula is C18H33IN4O3S. The summed E-state index contributed by atoms with van der Waals surface area (Å²) >= 11 is 0. The lowest BCUT2D eigenvalue weighted by atomic mass is 10.1. The van der Waals surface area contributed by atoms with E-state index in [2.05, 4.69) is 29.5 Å². The van der Waals surface area contributed by atoms with E-state index in [0.717, 1.165) is 18.6 Å². The molecule has 1 aromatic carbocycles. The van der Waals surface area contributed by atoms with Crippen molar-refractivity contribution >= 4 is 40.0 Å². The number of hydrogen-bond acceptors (Lipinski definition) is 4. The number of ether oxygens (including phenoxy) is 1. The average Bonchev–Trinajstić information content (AvgIpc) is 2.60. The molecule has 0 aliphatic heterocycles. The Kier molecular flexibility index (Phi) is 12.8. The Balaban J connectivity index is 0.00000676. The second kappa shape index (κ2) is 13.3. The highest BCUT2D eigenvalue weighted by Crippen LogP contribution is 2.13. The van der Waals surface area contributed by atoms with Crippen LogP contribution in [0.25, 0.3) is 0 Å². The number of aliphatic imine (C=N–C) groups is 1. The maximum atomic E-state index is 12.1. The fourth-order valence-electron chi connectivity index (χ4n) is 2.06. The largest absolute Gasteiger partial charge is 0.380 e. The van der Waals surface area contributed by atoms with Gasteiger partial charge in [0.15, 0.2) is 5.96 Å². The van der Waals surface area contributed by atoms with E-state index >= 15 is 0 Å². The van der Waals surface area contributed by atoms with Crippen LogP contribution in [0.1, 0.15) is 25.8 Å².